The molecule has 3 aromatic rings. The number of thiazole rings is 1. The third-order valence-electron chi connectivity index (χ3n) is 3.82. The minimum absolute atomic E-state index is 0.0372. The van der Waals surface area contributed by atoms with Gasteiger partial charge in [-0.2, -0.15) is 0 Å². The van der Waals surface area contributed by atoms with Crippen molar-refractivity contribution in [1.29, 1.82) is 0 Å². The van der Waals surface area contributed by atoms with Crippen molar-refractivity contribution in [1.82, 2.24) is 4.98 Å². The van der Waals surface area contributed by atoms with Gasteiger partial charge in [-0.1, -0.05) is 11.3 Å². The molecule has 0 aliphatic heterocycles. The summed E-state index contributed by atoms with van der Waals surface area (Å²) in [5.74, 6) is -0.821. The summed E-state index contributed by atoms with van der Waals surface area (Å²) in [6.07, 6.45) is 0. The zero-order valence-electron chi connectivity index (χ0n) is 13.9. The summed E-state index contributed by atoms with van der Waals surface area (Å²) in [4.78, 5) is 47.4. The maximum Gasteiger partial charge on any atom is 0.279 e. The van der Waals surface area contributed by atoms with Crippen LogP contribution in [0, 0.1) is 37.3 Å². The zero-order valence-corrected chi connectivity index (χ0v) is 14.8. The molecule has 0 saturated heterocycles. The van der Waals surface area contributed by atoms with Gasteiger partial charge in [-0.15, -0.1) is 0 Å². The Labute approximate surface area is 158 Å². The smallest absolute Gasteiger partial charge is 0.279 e. The van der Waals surface area contributed by atoms with Gasteiger partial charge in [0, 0.05) is 23.8 Å². The van der Waals surface area contributed by atoms with E-state index in [-0.39, 0.29) is 21.9 Å². The summed E-state index contributed by atoms with van der Waals surface area (Å²) >= 11 is 0.963. The molecular weight excluding hydrogens is 394 g/mol. The van der Waals surface area contributed by atoms with Gasteiger partial charge >= 0.3 is 0 Å². The van der Waals surface area contributed by atoms with Gasteiger partial charge in [0.05, 0.1) is 36.6 Å². The van der Waals surface area contributed by atoms with Crippen molar-refractivity contribution < 1.29 is 19.6 Å². The third kappa shape index (κ3) is 3.45. The molecule has 1 N–H and O–H groups in total. The Kier molecular flexibility index (Phi) is 4.67. The first-order chi connectivity index (χ1) is 13.2. The van der Waals surface area contributed by atoms with Crippen LogP contribution in [0.2, 0.25) is 0 Å². The Morgan fingerprint density at radius 1 is 1.00 bits per heavy atom. The number of fused-ring (bicyclic) bond motifs is 1. The highest BCUT2D eigenvalue weighted by Gasteiger charge is 2.25. The van der Waals surface area contributed by atoms with Gasteiger partial charge < -0.3 is 0 Å². The highest BCUT2D eigenvalue weighted by molar-refractivity contribution is 7.22. The molecular formula is C15H9N5O7S. The van der Waals surface area contributed by atoms with E-state index in [4.69, 9.17) is 0 Å². The maximum absolute atomic E-state index is 12.5. The fourth-order valence-electron chi connectivity index (χ4n) is 2.46. The molecule has 0 atom stereocenters. The van der Waals surface area contributed by atoms with Crippen LogP contribution >= 0.6 is 11.3 Å². The average Bonchev–Trinajstić information content (AvgIpc) is 3.02. The Balaban J connectivity index is 1.99. The molecule has 0 bridgehead atoms. The third-order valence-corrected chi connectivity index (χ3v) is 4.75. The van der Waals surface area contributed by atoms with Crippen LogP contribution in [0.15, 0.2) is 30.3 Å². The summed E-state index contributed by atoms with van der Waals surface area (Å²) < 4.78 is 0.450. The van der Waals surface area contributed by atoms with Gasteiger partial charge in [0.15, 0.2) is 5.13 Å². The first-order valence-electron chi connectivity index (χ1n) is 7.47. The molecule has 3 rings (SSSR count). The molecule has 0 fully saturated rings. The van der Waals surface area contributed by atoms with Crippen molar-refractivity contribution in [3.05, 3.63) is 71.8 Å². The SMILES string of the molecule is Cc1c(C(=O)Nc2nc3ccc([N+](=O)[O-])cc3s2)cc([N+](=O)[O-])cc1[N+](=O)[O-]. The van der Waals surface area contributed by atoms with E-state index in [0.29, 0.717) is 10.2 Å². The first kappa shape index (κ1) is 18.8. The molecule has 0 saturated carbocycles. The van der Waals surface area contributed by atoms with Crippen molar-refractivity contribution in [2.75, 3.05) is 5.32 Å². The highest BCUT2D eigenvalue weighted by atomic mass is 32.1. The predicted octanol–water partition coefficient (Wildman–Crippen LogP) is 3.58. The highest BCUT2D eigenvalue weighted by Crippen LogP contribution is 2.31. The fourth-order valence-corrected chi connectivity index (χ4v) is 3.35. The van der Waals surface area contributed by atoms with Crippen LogP contribution in [-0.4, -0.2) is 25.7 Å². The van der Waals surface area contributed by atoms with E-state index in [1.807, 2.05) is 0 Å². The maximum atomic E-state index is 12.5. The minimum atomic E-state index is -0.833. The van der Waals surface area contributed by atoms with Crippen molar-refractivity contribution in [2.45, 2.75) is 6.92 Å². The second-order valence-electron chi connectivity index (χ2n) is 5.53. The number of nitro groups is 3. The number of non-ortho nitro benzene ring substituents is 2. The predicted molar refractivity (Wildman–Crippen MR) is 98.7 cm³/mol. The number of anilines is 1. The fraction of sp³-hybridized carbons (Fsp3) is 0.0667. The molecule has 13 heteroatoms. The molecule has 12 nitrogen and oxygen atoms in total. The number of hydrogen-bond donors (Lipinski definition) is 1. The Bertz CT molecular complexity index is 1170. The van der Waals surface area contributed by atoms with Crippen molar-refractivity contribution >= 4 is 49.7 Å². The van der Waals surface area contributed by atoms with Crippen LogP contribution < -0.4 is 5.32 Å². The van der Waals surface area contributed by atoms with E-state index in [2.05, 4.69) is 10.3 Å². The lowest BCUT2D eigenvalue weighted by Gasteiger charge is -2.06. The molecule has 0 aliphatic carbocycles. The van der Waals surface area contributed by atoms with Gasteiger partial charge in [0.25, 0.3) is 23.0 Å². The van der Waals surface area contributed by atoms with Crippen LogP contribution in [0.25, 0.3) is 10.2 Å². The van der Waals surface area contributed by atoms with E-state index in [0.717, 1.165) is 23.5 Å². The molecule has 1 amide bonds. The number of nitrogens with zero attached hydrogens (tertiary/aromatic N) is 4. The summed E-state index contributed by atoms with van der Waals surface area (Å²) in [7, 11) is 0. The van der Waals surface area contributed by atoms with Gasteiger partial charge in [0.1, 0.15) is 0 Å². The second kappa shape index (κ2) is 6.96. The summed E-state index contributed by atoms with van der Waals surface area (Å²) in [5, 5.41) is 35.5. The molecule has 28 heavy (non-hydrogen) atoms. The van der Waals surface area contributed by atoms with Crippen molar-refractivity contribution in [2.24, 2.45) is 0 Å². The number of hydrogen-bond acceptors (Lipinski definition) is 9. The number of rotatable bonds is 5. The van der Waals surface area contributed by atoms with Crippen LogP contribution in [0.5, 0.6) is 0 Å². The zero-order chi connectivity index (χ0) is 20.6. The molecule has 0 unspecified atom stereocenters. The number of amides is 1. The average molecular weight is 403 g/mol. The van der Waals surface area contributed by atoms with E-state index in [1.54, 1.807) is 0 Å². The van der Waals surface area contributed by atoms with Crippen LogP contribution in [0.1, 0.15) is 15.9 Å². The largest absolute Gasteiger partial charge is 0.298 e. The molecule has 2 aromatic carbocycles. The first-order valence-corrected chi connectivity index (χ1v) is 8.29. The number of aromatic nitrogens is 1. The summed E-state index contributed by atoms with van der Waals surface area (Å²) in [5.41, 5.74) is -1.16. The molecule has 0 aliphatic rings. The lowest BCUT2D eigenvalue weighted by molar-refractivity contribution is -0.394. The van der Waals surface area contributed by atoms with Gasteiger partial charge in [0.2, 0.25) is 0 Å². The number of nitrogens with one attached hydrogen (secondary N) is 1. The monoisotopic (exact) mass is 403 g/mol. The molecule has 0 spiro atoms. The molecule has 0 radical (unpaired) electrons. The molecule has 1 heterocycles. The Hall–Kier alpha value is -4.00. The van der Waals surface area contributed by atoms with Crippen molar-refractivity contribution in [3.8, 4) is 0 Å². The van der Waals surface area contributed by atoms with E-state index in [9.17, 15) is 35.1 Å². The number of carbonyl (C=O) groups is 1. The van der Waals surface area contributed by atoms with E-state index < -0.39 is 32.1 Å². The Morgan fingerprint density at radius 2 is 1.68 bits per heavy atom. The number of benzene rings is 2. The lowest BCUT2D eigenvalue weighted by atomic mass is 10.0. The molecule has 1 aromatic heterocycles. The van der Waals surface area contributed by atoms with Crippen LogP contribution in [-0.2, 0) is 0 Å². The number of nitro benzene ring substituents is 3. The standard InChI is InChI=1S/C15H9N5O7S/c1-7-10(4-9(19(24)25)5-12(7)20(26)27)14(21)17-15-16-11-3-2-8(18(22)23)6-13(11)28-15/h2-6H,1H3,(H,16,17,21). The summed E-state index contributed by atoms with van der Waals surface area (Å²) in [6.45, 7) is 1.30. The van der Waals surface area contributed by atoms with Crippen molar-refractivity contribution in [3.63, 3.8) is 0 Å². The number of carbonyl (C=O) groups excluding carboxylic acids is 1. The van der Waals surface area contributed by atoms with E-state index in [1.165, 1.54) is 25.1 Å². The topological polar surface area (TPSA) is 171 Å². The summed E-state index contributed by atoms with van der Waals surface area (Å²) in [6, 6.07) is 5.70. The Morgan fingerprint density at radius 3 is 2.29 bits per heavy atom. The van der Waals surface area contributed by atoms with Crippen LogP contribution in [0.3, 0.4) is 0 Å². The quantitative estimate of drug-likeness (QED) is 0.497. The van der Waals surface area contributed by atoms with Gasteiger partial charge in [-0.3, -0.25) is 40.5 Å². The van der Waals surface area contributed by atoms with Gasteiger partial charge in [-0.25, -0.2) is 4.98 Å². The normalized spacial score (nSPS) is 10.6. The minimum Gasteiger partial charge on any atom is -0.298 e. The van der Waals surface area contributed by atoms with Gasteiger partial charge in [-0.05, 0) is 13.0 Å². The second-order valence-corrected chi connectivity index (χ2v) is 6.56. The van der Waals surface area contributed by atoms with E-state index >= 15 is 0 Å². The van der Waals surface area contributed by atoms with Crippen LogP contribution in [0.4, 0.5) is 22.2 Å². The molecule has 142 valence electrons. The lowest BCUT2D eigenvalue weighted by Crippen LogP contribution is -2.14.